The van der Waals surface area contributed by atoms with Gasteiger partial charge in [-0.15, -0.1) is 10.2 Å². The Morgan fingerprint density at radius 1 is 1.06 bits per heavy atom. The van der Waals surface area contributed by atoms with Crippen LogP contribution in [0.1, 0.15) is 25.8 Å². The molecule has 1 atom stereocenters. The highest BCUT2D eigenvalue weighted by Crippen LogP contribution is 2.40. The van der Waals surface area contributed by atoms with Gasteiger partial charge in [-0.25, -0.2) is 4.68 Å². The Balaban J connectivity index is 2.04. The monoisotopic (exact) mass is 568 g/mol. The highest BCUT2D eigenvalue weighted by atomic mass is 79.9. The Morgan fingerprint density at radius 2 is 1.75 bits per heavy atom. The summed E-state index contributed by atoms with van der Waals surface area (Å²) in [5, 5.41) is 16.0. The summed E-state index contributed by atoms with van der Waals surface area (Å²) in [7, 11) is -1.36. The Labute approximate surface area is 211 Å². The van der Waals surface area contributed by atoms with Crippen LogP contribution in [0.4, 0.5) is 0 Å². The molecule has 0 saturated carbocycles. The molecule has 0 N–H and O–H groups in total. The minimum atomic E-state index is -1.36. The quantitative estimate of drug-likeness (QED) is 0.261. The minimum absolute atomic E-state index is 0.155. The number of rotatable bonds is 4. The number of nitrogens with zero attached hydrogens (tertiary/aromatic N) is 4. The Morgan fingerprint density at radius 3 is 2.31 bits per heavy atom. The van der Waals surface area contributed by atoms with Crippen molar-refractivity contribution in [2.75, 3.05) is 6.26 Å². The molecule has 2 aromatic carbocycles. The molecule has 5 nitrogen and oxygen atoms in total. The zero-order valence-electron chi connectivity index (χ0n) is 17.7. The smallest absolute Gasteiger partial charge is 0.169 e. The van der Waals surface area contributed by atoms with Gasteiger partial charge in [0.15, 0.2) is 5.01 Å². The first-order valence-electron chi connectivity index (χ1n) is 9.58. The maximum Gasteiger partial charge on any atom is 0.169 e. The Kier molecular flexibility index (Phi) is 6.62. The first-order chi connectivity index (χ1) is 15.1. The lowest BCUT2D eigenvalue weighted by Crippen LogP contribution is -2.10. The van der Waals surface area contributed by atoms with Crippen molar-refractivity contribution in [3.63, 3.8) is 0 Å². The second-order valence-electron chi connectivity index (χ2n) is 8.16. The van der Waals surface area contributed by atoms with Gasteiger partial charge in [0.05, 0.1) is 32.1 Å². The second kappa shape index (κ2) is 8.99. The molecule has 166 valence electrons. The topological polar surface area (TPSA) is 60.7 Å². The summed E-state index contributed by atoms with van der Waals surface area (Å²) in [5.74, 6) is 0. The standard InChI is InChI=1S/C22H19BrCl2N4OS2/c1-22(2,3)21-27-26-20(31-21)17-19(32(4)30)18(12-5-7-13(23)8-6-12)29(28-17)16-10-9-14(24)11-15(16)25/h5-11H,1-4H3. The van der Waals surface area contributed by atoms with Gasteiger partial charge in [-0.3, -0.25) is 4.21 Å². The lowest BCUT2D eigenvalue weighted by atomic mass is 9.98. The summed E-state index contributed by atoms with van der Waals surface area (Å²) in [6.07, 6.45) is 1.64. The zero-order valence-corrected chi connectivity index (χ0v) is 22.4. The fourth-order valence-electron chi connectivity index (χ4n) is 3.13. The molecular weight excluding hydrogens is 551 g/mol. The summed E-state index contributed by atoms with van der Waals surface area (Å²) in [6, 6.07) is 13.0. The Bertz CT molecular complexity index is 1330. The fourth-order valence-corrected chi connectivity index (χ4v) is 5.72. The largest absolute Gasteiger partial charge is 0.254 e. The van der Waals surface area contributed by atoms with Crippen LogP contribution >= 0.6 is 50.5 Å². The molecule has 0 fully saturated rings. The van der Waals surface area contributed by atoms with E-state index in [4.69, 9.17) is 28.3 Å². The molecule has 32 heavy (non-hydrogen) atoms. The van der Waals surface area contributed by atoms with Gasteiger partial charge in [-0.1, -0.05) is 83.4 Å². The molecule has 4 rings (SSSR count). The van der Waals surface area contributed by atoms with Crippen molar-refractivity contribution in [1.82, 2.24) is 20.0 Å². The molecule has 0 saturated heterocycles. The Hall–Kier alpha value is -1.58. The van der Waals surface area contributed by atoms with Gasteiger partial charge in [0.1, 0.15) is 10.7 Å². The highest BCUT2D eigenvalue weighted by Gasteiger charge is 2.28. The molecule has 2 aromatic heterocycles. The summed E-state index contributed by atoms with van der Waals surface area (Å²) in [5.41, 5.74) is 2.54. The summed E-state index contributed by atoms with van der Waals surface area (Å²) < 4.78 is 15.7. The van der Waals surface area contributed by atoms with Gasteiger partial charge in [0.2, 0.25) is 0 Å². The van der Waals surface area contributed by atoms with Gasteiger partial charge in [0.25, 0.3) is 0 Å². The highest BCUT2D eigenvalue weighted by molar-refractivity contribution is 9.10. The molecule has 0 aliphatic carbocycles. The SMILES string of the molecule is CS(=O)c1c(-c2nnc(C(C)(C)C)s2)nn(-c2ccc(Cl)cc2Cl)c1-c1ccc(Br)cc1. The summed E-state index contributed by atoms with van der Waals surface area (Å²) in [6.45, 7) is 6.24. The average molecular weight is 570 g/mol. The number of benzene rings is 2. The molecule has 0 spiro atoms. The van der Waals surface area contributed by atoms with Crippen LogP contribution in [0.2, 0.25) is 10.0 Å². The van der Waals surface area contributed by atoms with Gasteiger partial charge < -0.3 is 0 Å². The van der Waals surface area contributed by atoms with Crippen molar-refractivity contribution in [2.45, 2.75) is 31.1 Å². The third-order valence-electron chi connectivity index (χ3n) is 4.65. The van der Waals surface area contributed by atoms with Crippen molar-refractivity contribution in [1.29, 1.82) is 0 Å². The first-order valence-corrected chi connectivity index (χ1v) is 13.5. The number of halogens is 3. The number of hydrogen-bond donors (Lipinski definition) is 0. The van der Waals surface area contributed by atoms with Crippen LogP contribution < -0.4 is 0 Å². The van der Waals surface area contributed by atoms with Crippen molar-refractivity contribution in [3.8, 4) is 27.6 Å². The van der Waals surface area contributed by atoms with Gasteiger partial charge in [-0.05, 0) is 30.3 Å². The lowest BCUT2D eigenvalue weighted by Gasteiger charge is -2.12. The van der Waals surface area contributed by atoms with Crippen LogP contribution in [0.15, 0.2) is 51.8 Å². The van der Waals surface area contributed by atoms with Crippen LogP contribution in [0.5, 0.6) is 0 Å². The van der Waals surface area contributed by atoms with Crippen molar-refractivity contribution in [2.24, 2.45) is 0 Å². The maximum absolute atomic E-state index is 13.0. The van der Waals surface area contributed by atoms with E-state index in [0.29, 0.717) is 37.0 Å². The summed E-state index contributed by atoms with van der Waals surface area (Å²) in [4.78, 5) is 0.579. The van der Waals surface area contributed by atoms with Gasteiger partial charge >= 0.3 is 0 Å². The van der Waals surface area contributed by atoms with Gasteiger partial charge in [-0.2, -0.15) is 5.10 Å². The molecule has 0 bridgehead atoms. The van der Waals surface area contributed by atoms with E-state index in [9.17, 15) is 4.21 Å². The van der Waals surface area contributed by atoms with E-state index < -0.39 is 10.8 Å². The lowest BCUT2D eigenvalue weighted by molar-refractivity contribution is 0.578. The normalized spacial score (nSPS) is 12.8. The second-order valence-corrected chi connectivity index (χ2v) is 12.2. The summed E-state index contributed by atoms with van der Waals surface area (Å²) >= 11 is 17.6. The van der Waals surface area contributed by atoms with Crippen LogP contribution in [-0.4, -0.2) is 30.4 Å². The fraction of sp³-hybridized carbons (Fsp3) is 0.227. The number of hydrogen-bond acceptors (Lipinski definition) is 5. The third kappa shape index (κ3) is 4.56. The van der Waals surface area contributed by atoms with E-state index in [1.165, 1.54) is 11.3 Å². The molecule has 0 radical (unpaired) electrons. The van der Waals surface area contributed by atoms with Crippen molar-refractivity contribution in [3.05, 3.63) is 62.0 Å². The average Bonchev–Trinajstić information content (AvgIpc) is 3.33. The zero-order chi connectivity index (χ0) is 23.2. The molecular formula is C22H19BrCl2N4OS2. The van der Waals surface area contributed by atoms with Crippen LogP contribution in [-0.2, 0) is 16.2 Å². The third-order valence-corrected chi connectivity index (χ3v) is 8.04. The molecule has 0 aliphatic heterocycles. The molecule has 2 heterocycles. The molecule has 0 amide bonds. The molecule has 4 aromatic rings. The van der Waals surface area contributed by atoms with E-state index in [0.717, 1.165) is 15.0 Å². The van der Waals surface area contributed by atoms with Crippen LogP contribution in [0, 0.1) is 0 Å². The van der Waals surface area contributed by atoms with Gasteiger partial charge in [0, 0.05) is 26.7 Å². The van der Waals surface area contributed by atoms with E-state index in [1.54, 1.807) is 29.1 Å². The van der Waals surface area contributed by atoms with E-state index >= 15 is 0 Å². The molecule has 1 unspecified atom stereocenters. The maximum atomic E-state index is 13.0. The number of aromatic nitrogens is 4. The van der Waals surface area contributed by atoms with E-state index in [2.05, 4.69) is 46.9 Å². The van der Waals surface area contributed by atoms with Crippen molar-refractivity contribution < 1.29 is 4.21 Å². The molecule has 0 aliphatic rings. The predicted octanol–water partition coefficient (Wildman–Crippen LogP) is 7.16. The predicted molar refractivity (Wildman–Crippen MR) is 137 cm³/mol. The van der Waals surface area contributed by atoms with Crippen LogP contribution in [0.25, 0.3) is 27.6 Å². The van der Waals surface area contributed by atoms with Crippen molar-refractivity contribution >= 4 is 61.3 Å². The van der Waals surface area contributed by atoms with E-state index in [-0.39, 0.29) is 5.41 Å². The minimum Gasteiger partial charge on any atom is -0.254 e. The molecule has 10 heteroatoms. The van der Waals surface area contributed by atoms with Crippen LogP contribution in [0.3, 0.4) is 0 Å². The first kappa shape index (κ1) is 23.6. The van der Waals surface area contributed by atoms with E-state index in [1.807, 2.05) is 24.3 Å².